The normalized spacial score (nSPS) is 13.5. The summed E-state index contributed by atoms with van der Waals surface area (Å²) in [4.78, 5) is 0. The molecule has 1 rings (SSSR count). The summed E-state index contributed by atoms with van der Waals surface area (Å²) in [6, 6.07) is 7.83. The molecule has 0 heterocycles. The summed E-state index contributed by atoms with van der Waals surface area (Å²) in [6.45, 7) is 9.17. The maximum atomic E-state index is 5.88. The fourth-order valence-corrected chi connectivity index (χ4v) is 1.49. The smallest absolute Gasteiger partial charge is 0.124 e. The van der Waals surface area contributed by atoms with Crippen molar-refractivity contribution >= 4 is 0 Å². The van der Waals surface area contributed by atoms with E-state index in [0.29, 0.717) is 13.2 Å². The Labute approximate surface area is 104 Å². The lowest BCUT2D eigenvalue weighted by atomic mass is 10.1. The average molecular weight is 237 g/mol. The molecule has 2 N–H and O–H groups in total. The first-order chi connectivity index (χ1) is 7.90. The summed E-state index contributed by atoms with van der Waals surface area (Å²) in [5.41, 5.74) is 6.79. The topological polar surface area (TPSA) is 44.5 Å². The third kappa shape index (κ3) is 5.20. The summed E-state index contributed by atoms with van der Waals surface area (Å²) < 4.78 is 11.3. The monoisotopic (exact) mass is 237 g/mol. The van der Waals surface area contributed by atoms with Gasteiger partial charge in [0.2, 0.25) is 0 Å². The molecule has 0 saturated carbocycles. The Morgan fingerprint density at radius 2 is 1.82 bits per heavy atom. The Morgan fingerprint density at radius 1 is 1.18 bits per heavy atom. The molecule has 1 atom stereocenters. The summed E-state index contributed by atoms with van der Waals surface area (Å²) in [5.74, 6) is 0.847. The first kappa shape index (κ1) is 14.0. The Kier molecular flexibility index (Phi) is 4.97. The second-order valence-electron chi connectivity index (χ2n) is 5.14. The van der Waals surface area contributed by atoms with Gasteiger partial charge in [0.1, 0.15) is 12.4 Å². The van der Waals surface area contributed by atoms with Crippen LogP contribution in [0.3, 0.4) is 0 Å². The molecule has 17 heavy (non-hydrogen) atoms. The highest BCUT2D eigenvalue weighted by molar-refractivity contribution is 5.35. The minimum atomic E-state index is -0.121. The lowest BCUT2D eigenvalue weighted by molar-refractivity contribution is -0.0164. The van der Waals surface area contributed by atoms with E-state index in [9.17, 15) is 0 Å². The molecular weight excluding hydrogens is 214 g/mol. The van der Waals surface area contributed by atoms with E-state index in [1.807, 2.05) is 52.0 Å². The zero-order valence-electron chi connectivity index (χ0n) is 11.2. The van der Waals surface area contributed by atoms with Crippen LogP contribution in [-0.2, 0) is 4.74 Å². The minimum Gasteiger partial charge on any atom is -0.491 e. The first-order valence-corrected chi connectivity index (χ1v) is 6.01. The van der Waals surface area contributed by atoms with Crippen molar-refractivity contribution in [1.82, 2.24) is 0 Å². The highest BCUT2D eigenvalue weighted by atomic mass is 16.5. The highest BCUT2D eigenvalue weighted by Crippen LogP contribution is 2.23. The first-order valence-electron chi connectivity index (χ1n) is 6.01. The number of nitrogens with two attached hydrogens (primary N) is 1. The van der Waals surface area contributed by atoms with Gasteiger partial charge in [0.05, 0.1) is 12.2 Å². The van der Waals surface area contributed by atoms with Crippen molar-refractivity contribution in [1.29, 1.82) is 0 Å². The van der Waals surface area contributed by atoms with E-state index in [2.05, 4.69) is 0 Å². The number of hydrogen-bond acceptors (Lipinski definition) is 3. The molecule has 0 bridgehead atoms. The van der Waals surface area contributed by atoms with Crippen LogP contribution in [0, 0.1) is 0 Å². The van der Waals surface area contributed by atoms with Crippen LogP contribution in [0.25, 0.3) is 0 Å². The molecule has 1 aromatic carbocycles. The predicted molar refractivity (Wildman–Crippen MR) is 70.2 cm³/mol. The zero-order valence-corrected chi connectivity index (χ0v) is 11.2. The van der Waals surface area contributed by atoms with Gasteiger partial charge in [-0.1, -0.05) is 18.2 Å². The molecule has 0 fully saturated rings. The van der Waals surface area contributed by atoms with Gasteiger partial charge in [-0.25, -0.2) is 0 Å². The van der Waals surface area contributed by atoms with E-state index < -0.39 is 0 Å². The van der Waals surface area contributed by atoms with Crippen molar-refractivity contribution in [2.45, 2.75) is 39.3 Å². The third-order valence-corrected chi connectivity index (χ3v) is 2.29. The lowest BCUT2D eigenvalue weighted by Crippen LogP contribution is -2.22. The number of ether oxygens (including phenoxy) is 2. The largest absolute Gasteiger partial charge is 0.491 e. The molecule has 1 aromatic rings. The van der Waals surface area contributed by atoms with Crippen molar-refractivity contribution in [3.63, 3.8) is 0 Å². The van der Waals surface area contributed by atoms with Crippen LogP contribution in [0.4, 0.5) is 0 Å². The molecule has 0 spiro atoms. The van der Waals surface area contributed by atoms with E-state index in [1.54, 1.807) is 0 Å². The molecule has 3 heteroatoms. The number of benzene rings is 1. The molecule has 0 unspecified atom stereocenters. The van der Waals surface area contributed by atoms with Crippen molar-refractivity contribution in [2.75, 3.05) is 13.2 Å². The molecule has 0 saturated heterocycles. The van der Waals surface area contributed by atoms with Gasteiger partial charge in [-0.3, -0.25) is 0 Å². The second-order valence-corrected chi connectivity index (χ2v) is 5.14. The maximum absolute atomic E-state index is 5.88. The Balaban J connectivity index is 2.47. The molecule has 3 nitrogen and oxygen atoms in total. The molecule has 0 aliphatic carbocycles. The fraction of sp³-hybridized carbons (Fsp3) is 0.571. The van der Waals surface area contributed by atoms with Gasteiger partial charge in [0, 0.05) is 11.6 Å². The number of para-hydroxylation sites is 1. The van der Waals surface area contributed by atoms with Crippen molar-refractivity contribution in [2.24, 2.45) is 5.73 Å². The van der Waals surface area contributed by atoms with Crippen LogP contribution in [0.15, 0.2) is 24.3 Å². The quantitative estimate of drug-likeness (QED) is 0.801. The predicted octanol–water partition coefficient (Wildman–Crippen LogP) is 2.90. The molecule has 0 aliphatic heterocycles. The number of hydrogen-bond donors (Lipinski definition) is 1. The molecule has 0 amide bonds. The average Bonchev–Trinajstić information content (AvgIpc) is 2.23. The zero-order chi connectivity index (χ0) is 12.9. The van der Waals surface area contributed by atoms with Gasteiger partial charge >= 0.3 is 0 Å². The van der Waals surface area contributed by atoms with E-state index >= 15 is 0 Å². The number of rotatable bonds is 5. The maximum Gasteiger partial charge on any atom is 0.124 e. The van der Waals surface area contributed by atoms with Crippen molar-refractivity contribution in [3.05, 3.63) is 29.8 Å². The van der Waals surface area contributed by atoms with Crippen LogP contribution in [0.2, 0.25) is 0 Å². The molecule has 0 aliphatic rings. The SMILES string of the molecule is C[C@H](N)c1ccccc1OCCOC(C)(C)C. The summed E-state index contributed by atoms with van der Waals surface area (Å²) in [5, 5.41) is 0. The Bertz CT molecular complexity index is 342. The van der Waals surface area contributed by atoms with Gasteiger partial charge in [-0.15, -0.1) is 0 Å². The fourth-order valence-electron chi connectivity index (χ4n) is 1.49. The van der Waals surface area contributed by atoms with E-state index in [1.165, 1.54) is 0 Å². The molecule has 96 valence electrons. The van der Waals surface area contributed by atoms with Gasteiger partial charge in [-0.05, 0) is 33.8 Å². The summed E-state index contributed by atoms with van der Waals surface area (Å²) >= 11 is 0. The highest BCUT2D eigenvalue weighted by Gasteiger charge is 2.10. The van der Waals surface area contributed by atoms with Crippen molar-refractivity contribution < 1.29 is 9.47 Å². The Morgan fingerprint density at radius 3 is 2.41 bits per heavy atom. The van der Waals surface area contributed by atoms with E-state index in [0.717, 1.165) is 11.3 Å². The minimum absolute atomic E-state index is 0.0188. The second kappa shape index (κ2) is 6.03. The van der Waals surface area contributed by atoms with Crippen LogP contribution in [-0.4, -0.2) is 18.8 Å². The third-order valence-electron chi connectivity index (χ3n) is 2.29. The van der Waals surface area contributed by atoms with E-state index in [4.69, 9.17) is 15.2 Å². The van der Waals surface area contributed by atoms with Gasteiger partial charge in [0.25, 0.3) is 0 Å². The molecule has 0 radical (unpaired) electrons. The van der Waals surface area contributed by atoms with Gasteiger partial charge in [-0.2, -0.15) is 0 Å². The molecular formula is C14H23NO2. The standard InChI is InChI=1S/C14H23NO2/c1-11(15)12-7-5-6-8-13(12)16-9-10-17-14(2,3)4/h5-8,11H,9-10,15H2,1-4H3/t11-/m0/s1. The van der Waals surface area contributed by atoms with Crippen LogP contribution < -0.4 is 10.5 Å². The van der Waals surface area contributed by atoms with E-state index in [-0.39, 0.29) is 11.6 Å². The van der Waals surface area contributed by atoms with Gasteiger partial charge in [0.15, 0.2) is 0 Å². The Hall–Kier alpha value is -1.06. The summed E-state index contributed by atoms with van der Waals surface area (Å²) in [7, 11) is 0. The van der Waals surface area contributed by atoms with Gasteiger partial charge < -0.3 is 15.2 Å². The van der Waals surface area contributed by atoms with Crippen LogP contribution in [0.5, 0.6) is 5.75 Å². The molecule has 0 aromatic heterocycles. The lowest BCUT2D eigenvalue weighted by Gasteiger charge is -2.20. The van der Waals surface area contributed by atoms with Crippen LogP contribution in [0.1, 0.15) is 39.3 Å². The van der Waals surface area contributed by atoms with Crippen LogP contribution >= 0.6 is 0 Å². The summed E-state index contributed by atoms with van der Waals surface area (Å²) in [6.07, 6.45) is 0. The van der Waals surface area contributed by atoms with Crippen molar-refractivity contribution in [3.8, 4) is 5.75 Å².